The first-order chi connectivity index (χ1) is 12.2. The lowest BCUT2D eigenvalue weighted by atomic mass is 9.98. The number of nitrogens with one attached hydrogen (secondary N) is 1. The third-order valence-electron chi connectivity index (χ3n) is 4.75. The Morgan fingerprint density at radius 1 is 1.24 bits per heavy atom. The van der Waals surface area contributed by atoms with Crippen molar-refractivity contribution in [1.29, 1.82) is 0 Å². The summed E-state index contributed by atoms with van der Waals surface area (Å²) in [6, 6.07) is 4.06. The van der Waals surface area contributed by atoms with Gasteiger partial charge < -0.3 is 14.8 Å². The van der Waals surface area contributed by atoms with E-state index < -0.39 is 0 Å². The van der Waals surface area contributed by atoms with E-state index in [4.69, 9.17) is 9.47 Å². The van der Waals surface area contributed by atoms with Gasteiger partial charge in [-0.2, -0.15) is 5.10 Å². The molecule has 0 atom stereocenters. The maximum atomic E-state index is 6.05. The molecule has 1 fully saturated rings. The number of aryl methyl sites for hydroxylation is 2. The normalized spacial score (nSPS) is 15.3. The van der Waals surface area contributed by atoms with E-state index in [2.05, 4.69) is 15.4 Å². The number of pyridine rings is 1. The molecule has 1 aliphatic rings. The van der Waals surface area contributed by atoms with E-state index in [0.717, 1.165) is 42.4 Å². The minimum atomic E-state index is 0.326. The fraction of sp³-hybridized carbons (Fsp3) is 0.579. The molecular formula is C19H28N4O2. The van der Waals surface area contributed by atoms with Gasteiger partial charge in [0.2, 0.25) is 11.8 Å². The molecule has 0 radical (unpaired) electrons. The summed E-state index contributed by atoms with van der Waals surface area (Å²) >= 11 is 0. The van der Waals surface area contributed by atoms with Crippen molar-refractivity contribution in [2.24, 2.45) is 7.05 Å². The second kappa shape index (κ2) is 8.34. The lowest BCUT2D eigenvalue weighted by Crippen LogP contribution is -2.20. The molecule has 1 N–H and O–H groups in total. The van der Waals surface area contributed by atoms with Crippen LogP contribution in [0.4, 0.5) is 0 Å². The molecule has 0 aliphatic heterocycles. The molecule has 6 nitrogen and oxygen atoms in total. The smallest absolute Gasteiger partial charge is 0.216 e. The number of nitrogens with zero attached hydrogens (tertiary/aromatic N) is 3. The Morgan fingerprint density at radius 2 is 2.04 bits per heavy atom. The van der Waals surface area contributed by atoms with E-state index in [9.17, 15) is 0 Å². The summed E-state index contributed by atoms with van der Waals surface area (Å²) in [6.45, 7) is 3.47. The van der Waals surface area contributed by atoms with Crippen molar-refractivity contribution in [2.45, 2.75) is 58.2 Å². The van der Waals surface area contributed by atoms with Crippen LogP contribution in [0.25, 0.3) is 0 Å². The summed E-state index contributed by atoms with van der Waals surface area (Å²) in [5, 5.41) is 7.87. The predicted molar refractivity (Wildman–Crippen MR) is 96.8 cm³/mol. The monoisotopic (exact) mass is 344 g/mol. The lowest BCUT2D eigenvalue weighted by molar-refractivity contribution is 0.148. The van der Waals surface area contributed by atoms with Crippen LogP contribution in [0.2, 0.25) is 0 Å². The van der Waals surface area contributed by atoms with E-state index in [-0.39, 0.29) is 0 Å². The Balaban J connectivity index is 1.56. The van der Waals surface area contributed by atoms with E-state index in [1.807, 2.05) is 32.3 Å². The highest BCUT2D eigenvalue weighted by atomic mass is 16.5. The summed E-state index contributed by atoms with van der Waals surface area (Å²) in [5.74, 6) is 1.54. The first kappa shape index (κ1) is 17.7. The Morgan fingerprint density at radius 3 is 2.80 bits per heavy atom. The van der Waals surface area contributed by atoms with Crippen LogP contribution in [-0.2, 0) is 20.1 Å². The van der Waals surface area contributed by atoms with Gasteiger partial charge in [0.05, 0.1) is 18.4 Å². The number of aromatic nitrogens is 3. The van der Waals surface area contributed by atoms with Crippen molar-refractivity contribution in [3.05, 3.63) is 35.2 Å². The fourth-order valence-electron chi connectivity index (χ4n) is 3.45. The molecular weight excluding hydrogens is 316 g/mol. The molecule has 136 valence electrons. The van der Waals surface area contributed by atoms with Crippen molar-refractivity contribution in [3.8, 4) is 11.8 Å². The molecule has 2 aromatic rings. The zero-order chi connectivity index (χ0) is 17.6. The number of ether oxygens (including phenoxy) is 2. The second-order valence-corrected chi connectivity index (χ2v) is 6.68. The number of methoxy groups -OCH3 is 1. The lowest BCUT2D eigenvalue weighted by Gasteiger charge is -2.22. The van der Waals surface area contributed by atoms with Crippen molar-refractivity contribution >= 4 is 0 Å². The van der Waals surface area contributed by atoms with Gasteiger partial charge >= 0.3 is 0 Å². The van der Waals surface area contributed by atoms with Crippen LogP contribution < -0.4 is 14.8 Å². The van der Waals surface area contributed by atoms with Crippen LogP contribution in [0.15, 0.2) is 18.3 Å². The molecule has 0 saturated heterocycles. The van der Waals surface area contributed by atoms with Crippen LogP contribution in [0, 0.1) is 6.92 Å². The van der Waals surface area contributed by atoms with Crippen LogP contribution in [0.1, 0.15) is 48.9 Å². The van der Waals surface area contributed by atoms with Gasteiger partial charge in [0.1, 0.15) is 6.10 Å². The molecule has 0 unspecified atom stereocenters. The van der Waals surface area contributed by atoms with Crippen molar-refractivity contribution in [1.82, 2.24) is 20.1 Å². The molecule has 6 heteroatoms. The molecule has 2 heterocycles. The summed E-state index contributed by atoms with van der Waals surface area (Å²) in [4.78, 5) is 4.36. The summed E-state index contributed by atoms with van der Waals surface area (Å²) in [7, 11) is 3.57. The average Bonchev–Trinajstić information content (AvgIpc) is 2.89. The minimum absolute atomic E-state index is 0.326. The third kappa shape index (κ3) is 4.51. The van der Waals surface area contributed by atoms with Crippen LogP contribution >= 0.6 is 0 Å². The van der Waals surface area contributed by atoms with E-state index in [1.165, 1.54) is 24.8 Å². The van der Waals surface area contributed by atoms with Gasteiger partial charge in [0.25, 0.3) is 0 Å². The van der Waals surface area contributed by atoms with Gasteiger partial charge in [0.15, 0.2) is 0 Å². The van der Waals surface area contributed by atoms with Gasteiger partial charge in [-0.1, -0.05) is 6.42 Å². The maximum Gasteiger partial charge on any atom is 0.216 e. The van der Waals surface area contributed by atoms with Gasteiger partial charge in [-0.25, -0.2) is 9.67 Å². The molecule has 25 heavy (non-hydrogen) atoms. The Kier molecular flexibility index (Phi) is 5.91. The van der Waals surface area contributed by atoms with Gasteiger partial charge in [-0.05, 0) is 44.2 Å². The molecule has 0 amide bonds. The Labute approximate surface area is 149 Å². The van der Waals surface area contributed by atoms with Crippen molar-refractivity contribution in [3.63, 3.8) is 0 Å². The van der Waals surface area contributed by atoms with Crippen LogP contribution in [-0.4, -0.2) is 28.0 Å². The molecule has 3 rings (SSSR count). The SMILES string of the molecule is COc1c(CNCc2ccnc(OC3CCCCC3)c2)c(C)nn1C. The van der Waals surface area contributed by atoms with Crippen LogP contribution in [0.3, 0.4) is 0 Å². The first-order valence-corrected chi connectivity index (χ1v) is 9.06. The summed E-state index contributed by atoms with van der Waals surface area (Å²) in [5.41, 5.74) is 3.25. The first-order valence-electron chi connectivity index (χ1n) is 9.06. The van der Waals surface area contributed by atoms with Gasteiger partial charge in [-0.3, -0.25) is 0 Å². The molecule has 2 aromatic heterocycles. The van der Waals surface area contributed by atoms with Crippen LogP contribution in [0.5, 0.6) is 11.8 Å². The highest BCUT2D eigenvalue weighted by molar-refractivity contribution is 5.31. The molecule has 0 spiro atoms. The maximum absolute atomic E-state index is 6.05. The third-order valence-corrected chi connectivity index (χ3v) is 4.75. The van der Waals surface area contributed by atoms with Crippen molar-refractivity contribution in [2.75, 3.05) is 7.11 Å². The Hall–Kier alpha value is -2.08. The number of rotatable bonds is 7. The molecule has 1 saturated carbocycles. The number of hydrogen-bond acceptors (Lipinski definition) is 5. The zero-order valence-electron chi connectivity index (χ0n) is 15.4. The largest absolute Gasteiger partial charge is 0.481 e. The topological polar surface area (TPSA) is 61.2 Å². The molecule has 0 bridgehead atoms. The fourth-order valence-corrected chi connectivity index (χ4v) is 3.45. The Bertz CT molecular complexity index is 693. The van der Waals surface area contributed by atoms with Gasteiger partial charge in [-0.15, -0.1) is 0 Å². The van der Waals surface area contributed by atoms with Crippen molar-refractivity contribution < 1.29 is 9.47 Å². The zero-order valence-corrected chi connectivity index (χ0v) is 15.4. The number of hydrogen-bond donors (Lipinski definition) is 1. The summed E-state index contributed by atoms with van der Waals surface area (Å²) < 4.78 is 13.3. The molecule has 0 aromatic carbocycles. The van der Waals surface area contributed by atoms with E-state index in [1.54, 1.807) is 11.8 Å². The highest BCUT2D eigenvalue weighted by Gasteiger charge is 2.16. The summed E-state index contributed by atoms with van der Waals surface area (Å²) in [6.07, 6.45) is 8.29. The van der Waals surface area contributed by atoms with E-state index >= 15 is 0 Å². The quantitative estimate of drug-likeness (QED) is 0.836. The van der Waals surface area contributed by atoms with E-state index in [0.29, 0.717) is 12.6 Å². The second-order valence-electron chi connectivity index (χ2n) is 6.68. The van der Waals surface area contributed by atoms with Gasteiger partial charge in [0, 0.05) is 32.4 Å². The molecule has 1 aliphatic carbocycles. The highest BCUT2D eigenvalue weighted by Crippen LogP contribution is 2.23. The average molecular weight is 344 g/mol. The standard InChI is InChI=1S/C19H28N4O2/c1-14-17(19(24-3)23(2)22-14)13-20-12-15-9-10-21-18(11-15)25-16-7-5-4-6-8-16/h9-11,16,20H,4-8,12-13H2,1-3H3. The predicted octanol–water partition coefficient (Wildman–Crippen LogP) is 3.13. The minimum Gasteiger partial charge on any atom is -0.481 e.